The third-order valence-corrected chi connectivity index (χ3v) is 18.5. The van der Waals surface area contributed by atoms with Crippen molar-refractivity contribution >= 4 is 30.8 Å². The maximum atomic E-state index is 6.08. The molecule has 6 heteroatoms. The van der Waals surface area contributed by atoms with Gasteiger partial charge >= 0.3 is 37.9 Å². The van der Waals surface area contributed by atoms with Gasteiger partial charge in [-0.1, -0.05) is 122 Å². The Morgan fingerprint density at radius 1 is 0.735 bits per heavy atom. The fourth-order valence-electron chi connectivity index (χ4n) is 11.0. The minimum absolute atomic E-state index is 0. The van der Waals surface area contributed by atoms with Gasteiger partial charge in [-0.3, -0.25) is 0 Å². The number of unbranched alkanes of at least 4 members (excludes halogenated alkanes) is 3. The molecule has 10 unspecified atom stereocenters. The summed E-state index contributed by atoms with van der Waals surface area (Å²) in [5.41, 5.74) is 6.05. The zero-order chi connectivity index (χ0) is 33.3. The Balaban J connectivity index is 0.00000104. The van der Waals surface area contributed by atoms with Gasteiger partial charge in [0, 0.05) is 37.2 Å². The fourth-order valence-corrected chi connectivity index (χ4v) is 17.9. The molecule has 2 saturated carbocycles. The zero-order valence-corrected chi connectivity index (χ0v) is 36.3. The molecule has 0 N–H and O–H groups in total. The number of nitrogens with zero attached hydrogens (tertiary/aromatic N) is 1. The Morgan fingerprint density at radius 3 is 1.78 bits per heavy atom. The maximum absolute atomic E-state index is 6.08. The van der Waals surface area contributed by atoms with Crippen LogP contribution in [0.1, 0.15) is 63.5 Å². The number of rotatable bonds is 9. The van der Waals surface area contributed by atoms with Crippen molar-refractivity contribution in [1.82, 2.24) is 0 Å². The van der Waals surface area contributed by atoms with Crippen LogP contribution in [0.2, 0.25) is 23.7 Å². The Morgan fingerprint density at radius 2 is 1.22 bits per heavy atom. The molecular formula is C43H61Cl2NOSiZr. The molecule has 7 rings (SSSR count). The zero-order valence-electron chi connectivity index (χ0n) is 31.3. The van der Waals surface area contributed by atoms with Crippen LogP contribution in [0.15, 0.2) is 91.1 Å². The van der Waals surface area contributed by atoms with Gasteiger partial charge in [-0.25, -0.2) is 0 Å². The summed E-state index contributed by atoms with van der Waals surface area (Å²) in [5, 5.41) is 0. The van der Waals surface area contributed by atoms with Crippen LogP contribution in [-0.2, 0) is 25.6 Å². The first-order chi connectivity index (χ1) is 22.6. The summed E-state index contributed by atoms with van der Waals surface area (Å²) in [5.74, 6) is 4.49. The number of ether oxygens (including phenoxy) is 1. The summed E-state index contributed by atoms with van der Waals surface area (Å²) >= 11 is -0.826. The molecule has 0 bridgehead atoms. The van der Waals surface area contributed by atoms with E-state index in [0.717, 1.165) is 17.7 Å². The molecule has 1 aromatic carbocycles. The van der Waals surface area contributed by atoms with Crippen molar-refractivity contribution in [2.45, 2.75) is 94.6 Å². The van der Waals surface area contributed by atoms with E-state index in [2.05, 4.69) is 137 Å². The fraction of sp³-hybridized carbons (Fsp3) is 0.535. The van der Waals surface area contributed by atoms with E-state index >= 15 is 0 Å². The molecule has 1 aromatic rings. The third-order valence-electron chi connectivity index (χ3n) is 12.5. The van der Waals surface area contributed by atoms with E-state index in [0.29, 0.717) is 47.5 Å². The van der Waals surface area contributed by atoms with Gasteiger partial charge in [0.05, 0.1) is 13.7 Å². The van der Waals surface area contributed by atoms with Crippen molar-refractivity contribution in [3.8, 4) is 0 Å². The summed E-state index contributed by atoms with van der Waals surface area (Å²) in [6.45, 7) is 12.6. The van der Waals surface area contributed by atoms with Gasteiger partial charge in [-0.15, -0.1) is 0 Å². The standard InChI is InChI=1S/C41H55NOSi.2CH3.2ClH.Zr/c1-28-23-24-36-35(27-28)37-38(42(36)5)31-19-11-14-22-34(31)40(37)44(6,26-16-8-7-15-25-43-41(2,3)4)39-32-20-12-9-17-29(32)30-18-10-13-21-33(30)39;;;;;/h9-14,17-24,27,29-34,37-40H,7-8,15-16,25-26H2,1-6H3;2*1H3;2*1H;/q;2*-1;;;+4/p-2. The predicted octanol–water partition coefficient (Wildman–Crippen LogP) is 12.5. The SMILES string of the molecule is Cc1ccc2c(c1)C1C(C3C=CC=CC3C1[Si](C)(CCCCCCOC(C)(C)C)C1C3C=CC=CC3C3C=CC=CC31)N2C.[CH3-].[CH3-].[Cl][Zr+2][Cl]. The summed E-state index contributed by atoms with van der Waals surface area (Å²) in [7, 11) is 10.3. The van der Waals surface area contributed by atoms with Crippen LogP contribution < -0.4 is 4.90 Å². The number of allylic oxidation sites excluding steroid dienone is 11. The molecule has 5 aliphatic carbocycles. The van der Waals surface area contributed by atoms with E-state index in [1.807, 2.05) is 0 Å². The molecule has 266 valence electrons. The quantitative estimate of drug-likeness (QED) is 0.140. The summed E-state index contributed by atoms with van der Waals surface area (Å²) in [6, 6.07) is 9.36. The Bertz CT molecular complexity index is 1410. The molecule has 2 fully saturated rings. The number of benzene rings is 1. The van der Waals surface area contributed by atoms with Gasteiger partial charge in [0.1, 0.15) is 0 Å². The molecule has 10 atom stereocenters. The first-order valence-corrected chi connectivity index (χ1v) is 27.3. The minimum atomic E-state index is -1.92. The Labute approximate surface area is 319 Å². The van der Waals surface area contributed by atoms with E-state index in [9.17, 15) is 0 Å². The van der Waals surface area contributed by atoms with Gasteiger partial charge in [-0.2, -0.15) is 0 Å². The van der Waals surface area contributed by atoms with Gasteiger partial charge in [-0.05, 0) is 86.4 Å². The second-order valence-corrected chi connectivity index (χ2v) is 24.8. The van der Waals surface area contributed by atoms with E-state index < -0.39 is 28.9 Å². The van der Waals surface area contributed by atoms with Crippen LogP contribution >= 0.6 is 17.0 Å². The van der Waals surface area contributed by atoms with Crippen molar-refractivity contribution in [3.63, 3.8) is 0 Å². The molecule has 2 nitrogen and oxygen atoms in total. The second-order valence-electron chi connectivity index (χ2n) is 16.2. The van der Waals surface area contributed by atoms with Crippen LogP contribution in [0, 0.1) is 57.3 Å². The van der Waals surface area contributed by atoms with Gasteiger partial charge in [0.2, 0.25) is 0 Å². The van der Waals surface area contributed by atoms with E-state index in [4.69, 9.17) is 21.8 Å². The Hall–Kier alpha value is -0.900. The first kappa shape index (κ1) is 40.9. The van der Waals surface area contributed by atoms with Crippen LogP contribution in [-0.4, -0.2) is 33.4 Å². The number of anilines is 1. The molecular weight excluding hydrogens is 737 g/mol. The predicted molar refractivity (Wildman–Crippen MR) is 215 cm³/mol. The molecule has 49 heavy (non-hydrogen) atoms. The molecule has 1 heterocycles. The molecule has 0 aromatic heterocycles. The van der Waals surface area contributed by atoms with Gasteiger partial charge < -0.3 is 24.5 Å². The number of halogens is 2. The van der Waals surface area contributed by atoms with E-state index in [-0.39, 0.29) is 20.5 Å². The number of fused-ring (bicyclic) bond motifs is 8. The topological polar surface area (TPSA) is 12.5 Å². The average Bonchev–Trinajstić information content (AvgIpc) is 3.67. The van der Waals surface area contributed by atoms with Crippen LogP contribution in [0.3, 0.4) is 0 Å². The molecule has 1 aliphatic heterocycles. The van der Waals surface area contributed by atoms with Crippen LogP contribution in [0.25, 0.3) is 0 Å². The van der Waals surface area contributed by atoms with Crippen molar-refractivity contribution in [2.75, 3.05) is 18.6 Å². The molecule has 0 spiro atoms. The second kappa shape index (κ2) is 17.3. The average molecular weight is 798 g/mol. The monoisotopic (exact) mass is 795 g/mol. The molecule has 0 amide bonds. The van der Waals surface area contributed by atoms with Gasteiger partial charge in [0.25, 0.3) is 0 Å². The third kappa shape index (κ3) is 8.05. The van der Waals surface area contributed by atoms with Crippen molar-refractivity contribution in [1.29, 1.82) is 0 Å². The summed E-state index contributed by atoms with van der Waals surface area (Å²) in [4.78, 5) is 2.69. The van der Waals surface area contributed by atoms with E-state index in [1.54, 1.807) is 5.56 Å². The van der Waals surface area contributed by atoms with E-state index in [1.165, 1.54) is 43.0 Å². The molecule has 0 radical (unpaired) electrons. The number of aryl methyl sites for hydroxylation is 1. The number of hydrogen-bond donors (Lipinski definition) is 0. The molecule has 0 saturated heterocycles. The Kier molecular flexibility index (Phi) is 14.4. The molecule has 6 aliphatic rings. The number of hydrogen-bond acceptors (Lipinski definition) is 2. The van der Waals surface area contributed by atoms with Crippen molar-refractivity contribution < 1.29 is 25.6 Å². The van der Waals surface area contributed by atoms with Crippen molar-refractivity contribution in [3.05, 3.63) is 117 Å². The van der Waals surface area contributed by atoms with Crippen molar-refractivity contribution in [2.24, 2.45) is 35.5 Å². The van der Waals surface area contributed by atoms with Crippen LogP contribution in [0.5, 0.6) is 0 Å². The van der Waals surface area contributed by atoms with Gasteiger partial charge in [0.15, 0.2) is 0 Å². The number of likely N-dealkylation sites (N-methyl/N-ethyl adjacent to an activating group) is 1. The summed E-state index contributed by atoms with van der Waals surface area (Å²) < 4.78 is 6.08. The summed E-state index contributed by atoms with van der Waals surface area (Å²) in [6.07, 6.45) is 35.0. The first-order valence-electron chi connectivity index (χ1n) is 18.1. The van der Waals surface area contributed by atoms with Crippen LogP contribution in [0.4, 0.5) is 5.69 Å². The normalized spacial score (nSPS) is 33.5.